The van der Waals surface area contributed by atoms with E-state index >= 15 is 0 Å². The van der Waals surface area contributed by atoms with E-state index in [0.29, 0.717) is 13.0 Å². The molecule has 0 aliphatic carbocycles. The Morgan fingerprint density at radius 2 is 2.14 bits per heavy atom. The second-order valence-corrected chi connectivity index (χ2v) is 6.08. The Kier molecular flexibility index (Phi) is 6.21. The SMILES string of the molecule is CC1CCN(CCCC(=O)Nc2cccc(CN)c2)CC1. The lowest BCUT2D eigenvalue weighted by molar-refractivity contribution is -0.116. The number of benzene rings is 1. The molecule has 1 aromatic rings. The molecule has 0 atom stereocenters. The van der Waals surface area contributed by atoms with Gasteiger partial charge < -0.3 is 16.0 Å². The maximum atomic E-state index is 11.9. The van der Waals surface area contributed by atoms with Crippen LogP contribution in [0.1, 0.15) is 38.2 Å². The van der Waals surface area contributed by atoms with Gasteiger partial charge in [0, 0.05) is 18.7 Å². The van der Waals surface area contributed by atoms with Crippen molar-refractivity contribution in [2.45, 2.75) is 39.2 Å². The molecule has 21 heavy (non-hydrogen) atoms. The van der Waals surface area contributed by atoms with Crippen LogP contribution in [0.5, 0.6) is 0 Å². The van der Waals surface area contributed by atoms with Crippen molar-refractivity contribution in [1.82, 2.24) is 4.90 Å². The summed E-state index contributed by atoms with van der Waals surface area (Å²) in [6.07, 6.45) is 4.09. The van der Waals surface area contributed by atoms with Crippen molar-refractivity contribution in [2.75, 3.05) is 25.0 Å². The van der Waals surface area contributed by atoms with Crippen molar-refractivity contribution < 1.29 is 4.79 Å². The van der Waals surface area contributed by atoms with Crippen LogP contribution >= 0.6 is 0 Å². The normalized spacial score (nSPS) is 16.9. The minimum atomic E-state index is 0.0922. The van der Waals surface area contributed by atoms with E-state index in [2.05, 4.69) is 17.1 Å². The maximum Gasteiger partial charge on any atom is 0.224 e. The molecule has 1 fully saturated rings. The first-order valence-electron chi connectivity index (χ1n) is 7.98. The summed E-state index contributed by atoms with van der Waals surface area (Å²) in [4.78, 5) is 14.4. The lowest BCUT2D eigenvalue weighted by atomic mass is 9.99. The van der Waals surface area contributed by atoms with Gasteiger partial charge in [0.25, 0.3) is 0 Å². The summed E-state index contributed by atoms with van der Waals surface area (Å²) in [7, 11) is 0. The van der Waals surface area contributed by atoms with Crippen LogP contribution in [0.15, 0.2) is 24.3 Å². The topological polar surface area (TPSA) is 58.4 Å². The van der Waals surface area contributed by atoms with Crippen molar-refractivity contribution in [2.24, 2.45) is 11.7 Å². The summed E-state index contributed by atoms with van der Waals surface area (Å²) < 4.78 is 0. The highest BCUT2D eigenvalue weighted by Crippen LogP contribution is 2.16. The number of carbonyl (C=O) groups is 1. The molecule has 4 nitrogen and oxygen atoms in total. The lowest BCUT2D eigenvalue weighted by Gasteiger charge is -2.29. The molecule has 0 spiro atoms. The standard InChI is InChI=1S/C17H27N3O/c1-14-7-10-20(11-8-14)9-3-6-17(21)19-16-5-2-4-15(12-16)13-18/h2,4-5,12,14H,3,6-11,13,18H2,1H3,(H,19,21). The van der Waals surface area contributed by atoms with Gasteiger partial charge in [0.15, 0.2) is 0 Å². The van der Waals surface area contributed by atoms with Gasteiger partial charge in [-0.3, -0.25) is 4.79 Å². The molecule has 1 aromatic carbocycles. The fourth-order valence-electron chi connectivity index (χ4n) is 2.75. The van der Waals surface area contributed by atoms with E-state index in [1.54, 1.807) is 0 Å². The van der Waals surface area contributed by atoms with Crippen LogP contribution in [0.2, 0.25) is 0 Å². The van der Waals surface area contributed by atoms with E-state index < -0.39 is 0 Å². The second-order valence-electron chi connectivity index (χ2n) is 6.08. The number of carbonyl (C=O) groups excluding carboxylic acids is 1. The highest BCUT2D eigenvalue weighted by Gasteiger charge is 2.15. The maximum absolute atomic E-state index is 11.9. The van der Waals surface area contributed by atoms with Gasteiger partial charge in [-0.05, 0) is 62.5 Å². The van der Waals surface area contributed by atoms with E-state index in [0.717, 1.165) is 30.1 Å². The minimum absolute atomic E-state index is 0.0922. The van der Waals surface area contributed by atoms with E-state index in [-0.39, 0.29) is 5.91 Å². The fraction of sp³-hybridized carbons (Fsp3) is 0.588. The third kappa shape index (κ3) is 5.48. The molecule has 1 heterocycles. The quantitative estimate of drug-likeness (QED) is 0.846. The zero-order valence-corrected chi connectivity index (χ0v) is 13.0. The Labute approximate surface area is 127 Å². The number of piperidine rings is 1. The van der Waals surface area contributed by atoms with Gasteiger partial charge in [-0.15, -0.1) is 0 Å². The molecular formula is C17H27N3O. The van der Waals surface area contributed by atoms with Crippen molar-refractivity contribution in [3.63, 3.8) is 0 Å². The Hall–Kier alpha value is -1.39. The van der Waals surface area contributed by atoms with Crippen molar-refractivity contribution in [3.05, 3.63) is 29.8 Å². The van der Waals surface area contributed by atoms with Gasteiger partial charge in [-0.1, -0.05) is 19.1 Å². The number of hydrogen-bond acceptors (Lipinski definition) is 3. The molecule has 1 amide bonds. The van der Waals surface area contributed by atoms with Crippen LogP contribution < -0.4 is 11.1 Å². The van der Waals surface area contributed by atoms with Crippen molar-refractivity contribution in [3.8, 4) is 0 Å². The van der Waals surface area contributed by atoms with Crippen LogP contribution in [0.3, 0.4) is 0 Å². The Morgan fingerprint density at radius 3 is 2.86 bits per heavy atom. The Balaban J connectivity index is 1.67. The molecule has 0 saturated carbocycles. The van der Waals surface area contributed by atoms with Gasteiger partial charge in [-0.2, -0.15) is 0 Å². The average Bonchev–Trinajstić information content (AvgIpc) is 2.49. The first-order chi connectivity index (χ1) is 10.2. The number of hydrogen-bond donors (Lipinski definition) is 2. The van der Waals surface area contributed by atoms with E-state index in [1.807, 2.05) is 24.3 Å². The second kappa shape index (κ2) is 8.15. The zero-order chi connectivity index (χ0) is 15.1. The van der Waals surface area contributed by atoms with Crippen LogP contribution in [-0.4, -0.2) is 30.4 Å². The number of nitrogens with one attached hydrogen (secondary N) is 1. The van der Waals surface area contributed by atoms with Gasteiger partial charge in [-0.25, -0.2) is 0 Å². The van der Waals surface area contributed by atoms with Crippen LogP contribution in [-0.2, 0) is 11.3 Å². The van der Waals surface area contributed by atoms with Crippen LogP contribution in [0.4, 0.5) is 5.69 Å². The Bertz CT molecular complexity index is 453. The molecule has 0 radical (unpaired) electrons. The minimum Gasteiger partial charge on any atom is -0.326 e. The molecule has 1 saturated heterocycles. The molecule has 1 aliphatic heterocycles. The zero-order valence-electron chi connectivity index (χ0n) is 13.0. The monoisotopic (exact) mass is 289 g/mol. The highest BCUT2D eigenvalue weighted by atomic mass is 16.1. The number of amides is 1. The number of nitrogens with zero attached hydrogens (tertiary/aromatic N) is 1. The highest BCUT2D eigenvalue weighted by molar-refractivity contribution is 5.90. The Morgan fingerprint density at radius 1 is 1.38 bits per heavy atom. The number of anilines is 1. The molecule has 116 valence electrons. The number of nitrogens with two attached hydrogens (primary N) is 1. The molecule has 0 bridgehead atoms. The molecule has 1 aliphatic rings. The molecule has 0 aromatic heterocycles. The van der Waals surface area contributed by atoms with Crippen LogP contribution in [0, 0.1) is 5.92 Å². The van der Waals surface area contributed by atoms with Crippen molar-refractivity contribution >= 4 is 11.6 Å². The van der Waals surface area contributed by atoms with E-state index in [1.165, 1.54) is 25.9 Å². The first kappa shape index (κ1) is 16.0. The molecule has 0 unspecified atom stereocenters. The molecule has 4 heteroatoms. The van der Waals surface area contributed by atoms with Gasteiger partial charge in [0.1, 0.15) is 0 Å². The summed E-state index contributed by atoms with van der Waals surface area (Å²) in [5.74, 6) is 0.953. The fourth-order valence-corrected chi connectivity index (χ4v) is 2.75. The van der Waals surface area contributed by atoms with Crippen molar-refractivity contribution in [1.29, 1.82) is 0 Å². The molecule has 3 N–H and O–H groups in total. The summed E-state index contributed by atoms with van der Waals surface area (Å²) >= 11 is 0. The lowest BCUT2D eigenvalue weighted by Crippen LogP contribution is -2.33. The number of rotatable bonds is 6. The van der Waals surface area contributed by atoms with Crippen LogP contribution in [0.25, 0.3) is 0 Å². The molecule has 2 rings (SSSR count). The third-order valence-corrected chi connectivity index (χ3v) is 4.20. The largest absolute Gasteiger partial charge is 0.326 e. The summed E-state index contributed by atoms with van der Waals surface area (Å²) in [5, 5.41) is 2.95. The summed E-state index contributed by atoms with van der Waals surface area (Å²) in [6.45, 7) is 6.21. The van der Waals surface area contributed by atoms with Gasteiger partial charge in [0.05, 0.1) is 0 Å². The average molecular weight is 289 g/mol. The summed E-state index contributed by atoms with van der Waals surface area (Å²) in [5.41, 5.74) is 7.48. The van der Waals surface area contributed by atoms with E-state index in [9.17, 15) is 4.79 Å². The van der Waals surface area contributed by atoms with Gasteiger partial charge in [0.2, 0.25) is 5.91 Å². The third-order valence-electron chi connectivity index (χ3n) is 4.20. The predicted octanol–water partition coefficient (Wildman–Crippen LogP) is 2.60. The first-order valence-corrected chi connectivity index (χ1v) is 7.98. The van der Waals surface area contributed by atoms with E-state index in [4.69, 9.17) is 5.73 Å². The number of likely N-dealkylation sites (tertiary alicyclic amines) is 1. The molecular weight excluding hydrogens is 262 g/mol. The predicted molar refractivity (Wildman–Crippen MR) is 87.0 cm³/mol. The van der Waals surface area contributed by atoms with Gasteiger partial charge >= 0.3 is 0 Å². The summed E-state index contributed by atoms with van der Waals surface area (Å²) in [6, 6.07) is 7.73. The smallest absolute Gasteiger partial charge is 0.224 e.